The Hall–Kier alpha value is -1.65. The third-order valence-electron chi connectivity index (χ3n) is 1.56. The minimum Gasteiger partial charge on any atom is -0.372 e. The highest BCUT2D eigenvalue weighted by molar-refractivity contribution is 5.92. The third kappa shape index (κ3) is 2.69. The van der Waals surface area contributed by atoms with E-state index in [-0.39, 0.29) is 11.9 Å². The van der Waals surface area contributed by atoms with Crippen LogP contribution >= 0.6 is 0 Å². The summed E-state index contributed by atoms with van der Waals surface area (Å²) in [5.74, 6) is 0.446. The standard InChI is InChI=1S/C9H14N4O/c1-6(2)13-9(14)7-4-12-8(10-3)5-11-7/h4-6H,1-3H3,(H,10,12)(H,13,14). The van der Waals surface area contributed by atoms with Crippen molar-refractivity contribution in [3.05, 3.63) is 18.1 Å². The monoisotopic (exact) mass is 194 g/mol. The molecule has 2 N–H and O–H groups in total. The summed E-state index contributed by atoms with van der Waals surface area (Å²) in [6.07, 6.45) is 2.97. The third-order valence-corrected chi connectivity index (χ3v) is 1.56. The Bertz CT molecular complexity index is 307. The molecule has 0 aliphatic carbocycles. The largest absolute Gasteiger partial charge is 0.372 e. The molecule has 0 aromatic carbocycles. The van der Waals surface area contributed by atoms with Crippen molar-refractivity contribution < 1.29 is 4.79 Å². The number of aromatic nitrogens is 2. The fourth-order valence-electron chi connectivity index (χ4n) is 0.911. The van der Waals surface area contributed by atoms with Crippen LogP contribution in [-0.4, -0.2) is 29.0 Å². The molecule has 5 heteroatoms. The Labute approximate surface area is 83.0 Å². The molecule has 0 radical (unpaired) electrons. The van der Waals surface area contributed by atoms with E-state index in [1.54, 1.807) is 7.05 Å². The van der Waals surface area contributed by atoms with Gasteiger partial charge < -0.3 is 10.6 Å². The number of nitrogens with one attached hydrogen (secondary N) is 2. The number of hydrogen-bond acceptors (Lipinski definition) is 4. The molecule has 1 amide bonds. The van der Waals surface area contributed by atoms with Gasteiger partial charge in [0.1, 0.15) is 11.5 Å². The summed E-state index contributed by atoms with van der Waals surface area (Å²) in [4.78, 5) is 19.4. The molecule has 1 aromatic heterocycles. The second-order valence-electron chi connectivity index (χ2n) is 3.17. The molecular formula is C9H14N4O. The topological polar surface area (TPSA) is 66.9 Å². The van der Waals surface area contributed by atoms with Crippen molar-refractivity contribution in [2.45, 2.75) is 19.9 Å². The van der Waals surface area contributed by atoms with Crippen LogP contribution in [0.15, 0.2) is 12.4 Å². The first kappa shape index (κ1) is 10.4. The van der Waals surface area contributed by atoms with Gasteiger partial charge in [-0.3, -0.25) is 4.79 Å². The van der Waals surface area contributed by atoms with Gasteiger partial charge >= 0.3 is 0 Å². The van der Waals surface area contributed by atoms with Crippen LogP contribution in [0.4, 0.5) is 5.82 Å². The van der Waals surface area contributed by atoms with E-state index in [2.05, 4.69) is 20.6 Å². The van der Waals surface area contributed by atoms with Gasteiger partial charge in [0.15, 0.2) is 0 Å². The average Bonchev–Trinajstić information content (AvgIpc) is 2.17. The van der Waals surface area contributed by atoms with Crippen LogP contribution in [0.2, 0.25) is 0 Å². The molecule has 14 heavy (non-hydrogen) atoms. The van der Waals surface area contributed by atoms with E-state index in [4.69, 9.17) is 0 Å². The van der Waals surface area contributed by atoms with Crippen LogP contribution in [0.3, 0.4) is 0 Å². The van der Waals surface area contributed by atoms with Gasteiger partial charge in [-0.1, -0.05) is 0 Å². The second-order valence-corrected chi connectivity index (χ2v) is 3.17. The highest BCUT2D eigenvalue weighted by atomic mass is 16.1. The lowest BCUT2D eigenvalue weighted by Gasteiger charge is -2.07. The van der Waals surface area contributed by atoms with Crippen molar-refractivity contribution >= 4 is 11.7 Å². The summed E-state index contributed by atoms with van der Waals surface area (Å²) in [7, 11) is 1.75. The van der Waals surface area contributed by atoms with Crippen LogP contribution < -0.4 is 10.6 Å². The molecule has 1 aromatic rings. The van der Waals surface area contributed by atoms with Gasteiger partial charge in [-0.2, -0.15) is 0 Å². The van der Waals surface area contributed by atoms with E-state index in [1.165, 1.54) is 12.4 Å². The molecule has 0 saturated heterocycles. The number of carbonyl (C=O) groups is 1. The van der Waals surface area contributed by atoms with Crippen LogP contribution in [-0.2, 0) is 0 Å². The van der Waals surface area contributed by atoms with E-state index >= 15 is 0 Å². The summed E-state index contributed by atoms with van der Waals surface area (Å²) >= 11 is 0. The van der Waals surface area contributed by atoms with Crippen molar-refractivity contribution in [2.24, 2.45) is 0 Å². The molecule has 0 aliphatic rings. The predicted molar refractivity (Wildman–Crippen MR) is 54.2 cm³/mol. The molecule has 0 atom stereocenters. The zero-order chi connectivity index (χ0) is 10.6. The van der Waals surface area contributed by atoms with Crippen molar-refractivity contribution in [2.75, 3.05) is 12.4 Å². The summed E-state index contributed by atoms with van der Waals surface area (Å²) in [6.45, 7) is 3.79. The van der Waals surface area contributed by atoms with E-state index in [1.807, 2.05) is 13.8 Å². The van der Waals surface area contributed by atoms with Crippen molar-refractivity contribution in [3.63, 3.8) is 0 Å². The SMILES string of the molecule is CNc1cnc(C(=O)NC(C)C)cn1. The van der Waals surface area contributed by atoms with E-state index in [9.17, 15) is 4.79 Å². The van der Waals surface area contributed by atoms with Gasteiger partial charge in [0, 0.05) is 13.1 Å². The molecule has 1 heterocycles. The van der Waals surface area contributed by atoms with Crippen LogP contribution in [0, 0.1) is 0 Å². The van der Waals surface area contributed by atoms with E-state index < -0.39 is 0 Å². The lowest BCUT2D eigenvalue weighted by atomic mass is 10.3. The minimum absolute atomic E-state index is 0.105. The summed E-state index contributed by atoms with van der Waals surface area (Å²) in [5, 5.41) is 5.56. The Morgan fingerprint density at radius 2 is 2.07 bits per heavy atom. The van der Waals surface area contributed by atoms with Crippen molar-refractivity contribution in [3.8, 4) is 0 Å². The average molecular weight is 194 g/mol. The van der Waals surface area contributed by atoms with E-state index in [0.29, 0.717) is 11.5 Å². The smallest absolute Gasteiger partial charge is 0.271 e. The van der Waals surface area contributed by atoms with Crippen molar-refractivity contribution in [1.82, 2.24) is 15.3 Å². The maximum atomic E-state index is 11.4. The van der Waals surface area contributed by atoms with Crippen LogP contribution in [0.1, 0.15) is 24.3 Å². The van der Waals surface area contributed by atoms with Gasteiger partial charge in [0.25, 0.3) is 5.91 Å². The Morgan fingerprint density at radius 1 is 1.36 bits per heavy atom. The molecule has 0 bridgehead atoms. The zero-order valence-corrected chi connectivity index (χ0v) is 8.53. The highest BCUT2D eigenvalue weighted by Crippen LogP contribution is 1.99. The maximum Gasteiger partial charge on any atom is 0.271 e. The summed E-state index contributed by atoms with van der Waals surface area (Å²) < 4.78 is 0. The molecule has 0 aliphatic heterocycles. The fourth-order valence-corrected chi connectivity index (χ4v) is 0.911. The Balaban J connectivity index is 2.71. The number of rotatable bonds is 3. The summed E-state index contributed by atoms with van der Waals surface area (Å²) in [5.41, 5.74) is 0.331. The Kier molecular flexibility index (Phi) is 3.39. The normalized spacial score (nSPS) is 10.0. The molecule has 1 rings (SSSR count). The second kappa shape index (κ2) is 4.55. The fraction of sp³-hybridized carbons (Fsp3) is 0.444. The number of anilines is 1. The number of carbonyl (C=O) groups excluding carboxylic acids is 1. The first-order chi connectivity index (χ1) is 6.63. The zero-order valence-electron chi connectivity index (χ0n) is 8.53. The molecule has 0 unspecified atom stereocenters. The van der Waals surface area contributed by atoms with Gasteiger partial charge in [-0.25, -0.2) is 9.97 Å². The molecular weight excluding hydrogens is 180 g/mol. The predicted octanol–water partition coefficient (Wildman–Crippen LogP) is 0.656. The van der Waals surface area contributed by atoms with Gasteiger partial charge in [0.05, 0.1) is 12.4 Å². The molecule has 0 fully saturated rings. The lowest BCUT2D eigenvalue weighted by molar-refractivity contribution is 0.0937. The maximum absolute atomic E-state index is 11.4. The summed E-state index contributed by atoms with van der Waals surface area (Å²) in [6, 6.07) is 0.105. The van der Waals surface area contributed by atoms with Crippen LogP contribution in [0.25, 0.3) is 0 Å². The molecule has 76 valence electrons. The first-order valence-corrected chi connectivity index (χ1v) is 4.44. The lowest BCUT2D eigenvalue weighted by Crippen LogP contribution is -2.30. The van der Waals surface area contributed by atoms with E-state index in [0.717, 1.165) is 0 Å². The number of hydrogen-bond donors (Lipinski definition) is 2. The molecule has 0 saturated carbocycles. The van der Waals surface area contributed by atoms with Crippen molar-refractivity contribution in [1.29, 1.82) is 0 Å². The molecule has 5 nitrogen and oxygen atoms in total. The van der Waals surface area contributed by atoms with Crippen LogP contribution in [0.5, 0.6) is 0 Å². The molecule has 0 spiro atoms. The quantitative estimate of drug-likeness (QED) is 0.741. The minimum atomic E-state index is -0.199. The first-order valence-electron chi connectivity index (χ1n) is 4.44. The van der Waals surface area contributed by atoms with Gasteiger partial charge in [-0.05, 0) is 13.8 Å². The van der Waals surface area contributed by atoms with Gasteiger partial charge in [0.2, 0.25) is 0 Å². The van der Waals surface area contributed by atoms with Gasteiger partial charge in [-0.15, -0.1) is 0 Å². The number of nitrogens with zero attached hydrogens (tertiary/aromatic N) is 2. The Morgan fingerprint density at radius 3 is 2.50 bits per heavy atom. The highest BCUT2D eigenvalue weighted by Gasteiger charge is 2.08. The number of amides is 1.